The van der Waals surface area contributed by atoms with E-state index in [0.717, 1.165) is 24.2 Å². The molecule has 1 atom stereocenters. The van der Waals surface area contributed by atoms with Gasteiger partial charge in [0.2, 0.25) is 17.9 Å². The zero-order valence-electron chi connectivity index (χ0n) is 15.8. The number of anilines is 1. The first-order chi connectivity index (χ1) is 14.8. The number of thioether (sulfide) groups is 1. The molecule has 1 N–H and O–H groups in total. The van der Waals surface area contributed by atoms with Crippen LogP contribution < -0.4 is 14.8 Å². The van der Waals surface area contributed by atoms with Gasteiger partial charge in [-0.1, -0.05) is 42.1 Å². The van der Waals surface area contributed by atoms with Crippen LogP contribution in [0.5, 0.6) is 11.5 Å². The molecule has 0 radical (unpaired) electrons. The Morgan fingerprint density at radius 3 is 2.73 bits per heavy atom. The summed E-state index contributed by atoms with van der Waals surface area (Å²) >= 11 is 1.37. The van der Waals surface area contributed by atoms with E-state index in [2.05, 4.69) is 15.5 Å². The van der Waals surface area contributed by atoms with Gasteiger partial charge in [0.25, 0.3) is 0 Å². The third kappa shape index (κ3) is 3.02. The van der Waals surface area contributed by atoms with E-state index in [1.165, 1.54) is 11.8 Å². The predicted molar refractivity (Wildman–Crippen MR) is 111 cm³/mol. The van der Waals surface area contributed by atoms with Crippen molar-refractivity contribution >= 4 is 29.1 Å². The van der Waals surface area contributed by atoms with Gasteiger partial charge in [0.1, 0.15) is 5.25 Å². The van der Waals surface area contributed by atoms with Crippen LogP contribution in [0.25, 0.3) is 0 Å². The standard InChI is InChI=1S/C21H17N5O3S/c27-20(22-14-8-9-15-16(10-14)29-11-28-15)18-17(12-4-2-1-3-5-12)25-26-19(13-6-7-13)23-24-21(26)30-18/h1-5,8-10,13,18H,6-7,11H2,(H,22,27)/t18-/m1/s1. The molecule has 1 fully saturated rings. The number of ether oxygens (including phenoxy) is 2. The molecule has 30 heavy (non-hydrogen) atoms. The fourth-order valence-corrected chi connectivity index (χ4v) is 4.53. The summed E-state index contributed by atoms with van der Waals surface area (Å²) in [6.07, 6.45) is 2.21. The molecule has 2 aliphatic heterocycles. The Labute approximate surface area is 176 Å². The highest BCUT2D eigenvalue weighted by atomic mass is 32.2. The van der Waals surface area contributed by atoms with E-state index in [1.54, 1.807) is 22.9 Å². The lowest BCUT2D eigenvalue weighted by molar-refractivity contribution is -0.114. The second-order valence-electron chi connectivity index (χ2n) is 7.33. The van der Waals surface area contributed by atoms with E-state index >= 15 is 0 Å². The average molecular weight is 419 g/mol. The molecule has 3 aliphatic rings. The molecule has 0 bridgehead atoms. The van der Waals surface area contributed by atoms with Gasteiger partial charge < -0.3 is 14.8 Å². The highest BCUT2D eigenvalue weighted by Gasteiger charge is 2.37. The molecule has 9 heteroatoms. The minimum absolute atomic E-state index is 0.177. The lowest BCUT2D eigenvalue weighted by Gasteiger charge is -2.22. The van der Waals surface area contributed by atoms with E-state index in [0.29, 0.717) is 34.0 Å². The topological polar surface area (TPSA) is 90.6 Å². The van der Waals surface area contributed by atoms with Crippen LogP contribution in [0.1, 0.15) is 30.1 Å². The van der Waals surface area contributed by atoms with E-state index in [9.17, 15) is 4.79 Å². The van der Waals surface area contributed by atoms with Crippen molar-refractivity contribution in [3.63, 3.8) is 0 Å². The van der Waals surface area contributed by atoms with Gasteiger partial charge in [0.05, 0.1) is 5.71 Å². The van der Waals surface area contributed by atoms with Crippen molar-refractivity contribution in [3.8, 4) is 11.5 Å². The van der Waals surface area contributed by atoms with Gasteiger partial charge in [0, 0.05) is 17.7 Å². The third-order valence-electron chi connectivity index (χ3n) is 5.21. The summed E-state index contributed by atoms with van der Waals surface area (Å²) in [5, 5.41) is 16.5. The first-order valence-corrected chi connectivity index (χ1v) is 10.6. The van der Waals surface area contributed by atoms with Gasteiger partial charge in [-0.15, -0.1) is 10.2 Å². The summed E-state index contributed by atoms with van der Waals surface area (Å²) in [6.45, 7) is 0.189. The zero-order chi connectivity index (χ0) is 20.1. The monoisotopic (exact) mass is 419 g/mol. The first kappa shape index (κ1) is 17.5. The summed E-state index contributed by atoms with van der Waals surface area (Å²) < 4.78 is 12.5. The van der Waals surface area contributed by atoms with Crippen LogP contribution in [-0.2, 0) is 4.79 Å². The predicted octanol–water partition coefficient (Wildman–Crippen LogP) is 3.25. The van der Waals surface area contributed by atoms with Gasteiger partial charge in [-0.05, 0) is 30.5 Å². The minimum Gasteiger partial charge on any atom is -0.454 e. The zero-order valence-corrected chi connectivity index (χ0v) is 16.6. The second-order valence-corrected chi connectivity index (χ2v) is 8.41. The smallest absolute Gasteiger partial charge is 0.244 e. The van der Waals surface area contributed by atoms with Crippen LogP contribution in [-0.4, -0.2) is 38.5 Å². The van der Waals surface area contributed by atoms with Crippen LogP contribution in [0.2, 0.25) is 0 Å². The SMILES string of the molecule is O=C(Nc1ccc2c(c1)OCO2)[C@@H]1Sc2nnc(C3CC3)n2N=C1c1ccccc1. The molecule has 0 saturated heterocycles. The van der Waals surface area contributed by atoms with Crippen molar-refractivity contribution in [2.45, 2.75) is 29.2 Å². The Morgan fingerprint density at radius 2 is 1.90 bits per heavy atom. The van der Waals surface area contributed by atoms with Crippen LogP contribution in [0.15, 0.2) is 58.8 Å². The number of carbonyl (C=O) groups excluding carboxylic acids is 1. The second kappa shape index (κ2) is 6.88. The van der Waals surface area contributed by atoms with Crippen molar-refractivity contribution in [1.29, 1.82) is 0 Å². The molecule has 3 heterocycles. The Balaban J connectivity index is 1.34. The van der Waals surface area contributed by atoms with E-state index in [1.807, 2.05) is 30.3 Å². The number of hydrogen-bond donors (Lipinski definition) is 1. The molecule has 3 aromatic rings. The lowest BCUT2D eigenvalue weighted by Crippen LogP contribution is -2.36. The largest absolute Gasteiger partial charge is 0.454 e. The Bertz CT molecular complexity index is 1170. The maximum absolute atomic E-state index is 13.3. The number of carbonyl (C=O) groups is 1. The fraction of sp³-hybridized carbons (Fsp3) is 0.238. The molecule has 1 amide bonds. The van der Waals surface area contributed by atoms with Crippen LogP contribution in [0.4, 0.5) is 5.69 Å². The number of amides is 1. The van der Waals surface area contributed by atoms with Crippen LogP contribution in [0.3, 0.4) is 0 Å². The van der Waals surface area contributed by atoms with Gasteiger partial charge in [0.15, 0.2) is 17.3 Å². The number of rotatable bonds is 4. The Hall–Kier alpha value is -3.33. The molecular weight excluding hydrogens is 402 g/mol. The summed E-state index contributed by atoms with van der Waals surface area (Å²) in [6, 6.07) is 15.1. The van der Waals surface area contributed by atoms with Crippen molar-refractivity contribution < 1.29 is 14.3 Å². The molecular formula is C21H17N5O3S. The fourth-order valence-electron chi connectivity index (χ4n) is 3.54. The molecule has 1 aliphatic carbocycles. The highest BCUT2D eigenvalue weighted by molar-refractivity contribution is 8.01. The first-order valence-electron chi connectivity index (χ1n) is 9.73. The summed E-state index contributed by atoms with van der Waals surface area (Å²) in [7, 11) is 0. The number of nitrogens with one attached hydrogen (secondary N) is 1. The van der Waals surface area contributed by atoms with Crippen molar-refractivity contribution in [3.05, 3.63) is 59.9 Å². The molecule has 6 rings (SSSR count). The summed E-state index contributed by atoms with van der Waals surface area (Å²) in [5.74, 6) is 2.40. The number of hydrogen-bond acceptors (Lipinski definition) is 7. The maximum atomic E-state index is 13.3. The third-order valence-corrected chi connectivity index (χ3v) is 6.34. The van der Waals surface area contributed by atoms with Crippen molar-refractivity contribution in [2.24, 2.45) is 5.10 Å². The van der Waals surface area contributed by atoms with Crippen LogP contribution >= 0.6 is 11.8 Å². The minimum atomic E-state index is -0.554. The van der Waals surface area contributed by atoms with Gasteiger partial charge in [-0.25, -0.2) is 0 Å². The van der Waals surface area contributed by atoms with Crippen LogP contribution in [0, 0.1) is 0 Å². The van der Waals surface area contributed by atoms with Crippen molar-refractivity contribution in [2.75, 3.05) is 12.1 Å². The van der Waals surface area contributed by atoms with Gasteiger partial charge in [-0.3, -0.25) is 4.79 Å². The normalized spacial score (nSPS) is 19.2. The average Bonchev–Trinajstić information content (AvgIpc) is 3.36. The quantitative estimate of drug-likeness (QED) is 0.698. The lowest BCUT2D eigenvalue weighted by atomic mass is 10.1. The van der Waals surface area contributed by atoms with E-state index in [4.69, 9.17) is 14.6 Å². The molecule has 1 aromatic heterocycles. The molecule has 1 saturated carbocycles. The number of nitrogens with zero attached hydrogens (tertiary/aromatic N) is 4. The molecule has 2 aromatic carbocycles. The Kier molecular flexibility index (Phi) is 4.02. The molecule has 0 spiro atoms. The van der Waals surface area contributed by atoms with Crippen molar-refractivity contribution in [1.82, 2.24) is 14.9 Å². The number of aromatic nitrogens is 3. The maximum Gasteiger partial charge on any atom is 0.244 e. The van der Waals surface area contributed by atoms with Gasteiger partial charge >= 0.3 is 0 Å². The summed E-state index contributed by atoms with van der Waals surface area (Å²) in [4.78, 5) is 13.3. The molecule has 150 valence electrons. The highest BCUT2D eigenvalue weighted by Crippen LogP contribution is 2.42. The molecule has 0 unspecified atom stereocenters. The number of fused-ring (bicyclic) bond motifs is 2. The summed E-state index contributed by atoms with van der Waals surface area (Å²) in [5.41, 5.74) is 2.23. The number of benzene rings is 2. The van der Waals surface area contributed by atoms with E-state index in [-0.39, 0.29) is 12.7 Å². The Morgan fingerprint density at radius 1 is 1.07 bits per heavy atom. The van der Waals surface area contributed by atoms with E-state index < -0.39 is 5.25 Å². The molecule has 8 nitrogen and oxygen atoms in total. The van der Waals surface area contributed by atoms with Gasteiger partial charge in [-0.2, -0.15) is 9.78 Å².